The van der Waals surface area contributed by atoms with Crippen molar-refractivity contribution in [2.45, 2.75) is 63.8 Å². The van der Waals surface area contributed by atoms with Gasteiger partial charge in [-0.15, -0.1) is 0 Å². The molecule has 10 nitrogen and oxygen atoms in total. The van der Waals surface area contributed by atoms with Gasteiger partial charge in [0.1, 0.15) is 18.2 Å². The Balaban J connectivity index is 1.25. The third-order valence-electron chi connectivity index (χ3n) is 8.50. The maximum Gasteiger partial charge on any atom is 0.252 e. The average molecular weight is 540 g/mol. The number of ketones is 1. The first-order chi connectivity index (χ1) is 18.7. The first kappa shape index (κ1) is 27.6. The van der Waals surface area contributed by atoms with Crippen LogP contribution in [0.2, 0.25) is 0 Å². The monoisotopic (exact) mass is 539 g/mol. The van der Waals surface area contributed by atoms with Crippen LogP contribution >= 0.6 is 0 Å². The van der Waals surface area contributed by atoms with Gasteiger partial charge in [-0.1, -0.05) is 13.8 Å². The molecule has 0 aromatic heterocycles. The number of rotatable bonds is 7. The fourth-order valence-electron chi connectivity index (χ4n) is 6.34. The van der Waals surface area contributed by atoms with Crippen LogP contribution in [0.1, 0.15) is 49.9 Å². The van der Waals surface area contributed by atoms with Crippen molar-refractivity contribution >= 4 is 29.2 Å². The third-order valence-corrected chi connectivity index (χ3v) is 8.50. The number of anilines is 1. The van der Waals surface area contributed by atoms with Crippen LogP contribution in [0.15, 0.2) is 24.3 Å². The number of carbonyl (C=O) groups excluding carboxylic acids is 4. The third kappa shape index (κ3) is 5.82. The zero-order valence-corrected chi connectivity index (χ0v) is 23.3. The predicted octanol–water partition coefficient (Wildman–Crippen LogP) is 1.14. The minimum absolute atomic E-state index is 0.0126. The van der Waals surface area contributed by atoms with Gasteiger partial charge in [0.15, 0.2) is 5.78 Å². The average Bonchev–Trinajstić information content (AvgIpc) is 3.67. The van der Waals surface area contributed by atoms with Gasteiger partial charge >= 0.3 is 0 Å². The van der Waals surface area contributed by atoms with Crippen molar-refractivity contribution in [1.82, 2.24) is 20.0 Å². The van der Waals surface area contributed by atoms with E-state index in [2.05, 4.69) is 22.2 Å². The highest BCUT2D eigenvalue weighted by atomic mass is 16.5. The van der Waals surface area contributed by atoms with Crippen molar-refractivity contribution in [2.24, 2.45) is 5.92 Å². The second-order valence-corrected chi connectivity index (χ2v) is 11.8. The highest BCUT2D eigenvalue weighted by Crippen LogP contribution is 2.32. The zero-order chi connectivity index (χ0) is 27.7. The maximum atomic E-state index is 13.8. The number of Topliss-reactive ketones (excluding diaryl/α,β-unsaturated/α-hetero) is 1. The van der Waals surface area contributed by atoms with Crippen LogP contribution in [0.3, 0.4) is 0 Å². The van der Waals surface area contributed by atoms with Gasteiger partial charge in [-0.2, -0.15) is 0 Å². The van der Waals surface area contributed by atoms with E-state index in [0.717, 1.165) is 38.3 Å². The van der Waals surface area contributed by atoms with Gasteiger partial charge in [0.2, 0.25) is 5.91 Å². The Morgan fingerprint density at radius 3 is 2.36 bits per heavy atom. The molecule has 0 saturated carbocycles. The summed E-state index contributed by atoms with van der Waals surface area (Å²) in [6, 6.07) is 5.81. The second kappa shape index (κ2) is 11.6. The topological polar surface area (TPSA) is 103 Å². The molecule has 4 atom stereocenters. The maximum absolute atomic E-state index is 13.8. The number of hydrogen-bond acceptors (Lipinski definition) is 7. The molecule has 5 rings (SSSR count). The molecule has 0 aliphatic carbocycles. The minimum Gasteiger partial charge on any atom is -0.369 e. The molecule has 4 saturated heterocycles. The van der Waals surface area contributed by atoms with Crippen LogP contribution in [0.25, 0.3) is 0 Å². The van der Waals surface area contributed by atoms with Gasteiger partial charge in [-0.05, 0) is 62.9 Å². The van der Waals surface area contributed by atoms with E-state index in [1.807, 2.05) is 26.0 Å². The lowest BCUT2D eigenvalue weighted by molar-refractivity contribution is -0.142. The highest BCUT2D eigenvalue weighted by Gasteiger charge is 2.53. The second-order valence-electron chi connectivity index (χ2n) is 11.8. The van der Waals surface area contributed by atoms with Crippen molar-refractivity contribution in [3.05, 3.63) is 29.8 Å². The molecule has 0 radical (unpaired) electrons. The highest BCUT2D eigenvalue weighted by molar-refractivity contribution is 6.01. The number of hydrogen-bond donors (Lipinski definition) is 1. The number of nitrogens with one attached hydrogen (secondary N) is 1. The Bertz CT molecular complexity index is 1080. The van der Waals surface area contributed by atoms with Crippen LogP contribution in [0.5, 0.6) is 0 Å². The molecule has 1 N–H and O–H groups in total. The van der Waals surface area contributed by atoms with Gasteiger partial charge in [-0.3, -0.25) is 19.2 Å². The van der Waals surface area contributed by atoms with Crippen LogP contribution in [-0.4, -0.2) is 115 Å². The van der Waals surface area contributed by atoms with Crippen LogP contribution < -0.4 is 10.2 Å². The fraction of sp³-hybridized carbons (Fsp3) is 0.655. The van der Waals surface area contributed by atoms with E-state index in [9.17, 15) is 19.2 Å². The largest absolute Gasteiger partial charge is 0.369 e. The first-order valence-corrected chi connectivity index (χ1v) is 14.3. The smallest absolute Gasteiger partial charge is 0.252 e. The fourth-order valence-corrected chi connectivity index (χ4v) is 6.34. The summed E-state index contributed by atoms with van der Waals surface area (Å²) in [6.45, 7) is 8.87. The Labute approximate surface area is 230 Å². The number of fused-ring (bicyclic) bond motifs is 1. The summed E-state index contributed by atoms with van der Waals surface area (Å²) in [5.41, 5.74) is 1.58. The van der Waals surface area contributed by atoms with Crippen molar-refractivity contribution in [2.75, 3.05) is 57.8 Å². The molecule has 4 aliphatic rings. The van der Waals surface area contributed by atoms with Crippen LogP contribution in [0, 0.1) is 5.92 Å². The van der Waals surface area contributed by atoms with E-state index >= 15 is 0 Å². The summed E-state index contributed by atoms with van der Waals surface area (Å²) in [4.78, 5) is 60.9. The normalized spacial score (nSPS) is 26.3. The summed E-state index contributed by atoms with van der Waals surface area (Å²) in [6.07, 6.45) is 2.03. The van der Waals surface area contributed by atoms with Crippen molar-refractivity contribution < 1.29 is 23.9 Å². The molecule has 3 amide bonds. The Morgan fingerprint density at radius 1 is 1.00 bits per heavy atom. The van der Waals surface area contributed by atoms with Gasteiger partial charge < -0.3 is 29.7 Å². The molecule has 4 unspecified atom stereocenters. The van der Waals surface area contributed by atoms with Gasteiger partial charge in [0, 0.05) is 50.6 Å². The van der Waals surface area contributed by atoms with E-state index in [1.165, 1.54) is 0 Å². The number of amides is 3. The number of nitrogens with zero attached hydrogens (tertiary/aromatic N) is 4. The SMILES string of the molecule is CC(C)CC(NC(=O)c1ccc(N2CCN(C)CC2)cc1)C(=O)N1CCC2C1C(=O)CN2C(=O)C1CCCO1. The summed E-state index contributed by atoms with van der Waals surface area (Å²) in [7, 11) is 2.12. The standard InChI is InChI=1S/C29H41N5O5/c1-19(2)17-22(30-27(36)20-6-8-21(9-7-20)32-14-12-31(3)13-15-32)28(37)33-11-10-23-26(33)24(35)18-34(23)29(38)25-5-4-16-39-25/h6-9,19,22-23,25-26H,4-5,10-18H2,1-3H3,(H,30,36). The molecule has 10 heteroatoms. The van der Waals surface area contributed by atoms with Gasteiger partial charge in [-0.25, -0.2) is 0 Å². The minimum atomic E-state index is -0.746. The van der Waals surface area contributed by atoms with E-state index in [1.54, 1.807) is 21.9 Å². The number of likely N-dealkylation sites (N-methyl/N-ethyl adjacent to an activating group) is 1. The molecular weight excluding hydrogens is 498 g/mol. The summed E-state index contributed by atoms with van der Waals surface area (Å²) in [5, 5.41) is 2.96. The number of piperazine rings is 1. The van der Waals surface area contributed by atoms with Crippen molar-refractivity contribution in [3.63, 3.8) is 0 Å². The molecule has 4 fully saturated rings. The number of benzene rings is 1. The molecule has 1 aromatic rings. The summed E-state index contributed by atoms with van der Waals surface area (Å²) in [5.74, 6) is -0.656. The summed E-state index contributed by atoms with van der Waals surface area (Å²) >= 11 is 0. The van der Waals surface area contributed by atoms with E-state index in [0.29, 0.717) is 38.0 Å². The molecule has 1 aromatic carbocycles. The molecule has 4 aliphatic heterocycles. The quantitative estimate of drug-likeness (QED) is 0.555. The van der Waals surface area contributed by atoms with Gasteiger partial charge in [0.05, 0.1) is 12.6 Å². The molecule has 4 heterocycles. The number of carbonyl (C=O) groups is 4. The van der Waals surface area contributed by atoms with Crippen LogP contribution in [-0.2, 0) is 19.1 Å². The lowest BCUT2D eigenvalue weighted by atomic mass is 10.0. The molecule has 212 valence electrons. The van der Waals surface area contributed by atoms with Crippen LogP contribution in [0.4, 0.5) is 5.69 Å². The van der Waals surface area contributed by atoms with E-state index < -0.39 is 18.2 Å². The Kier molecular flexibility index (Phi) is 8.23. The summed E-state index contributed by atoms with van der Waals surface area (Å²) < 4.78 is 5.56. The zero-order valence-electron chi connectivity index (χ0n) is 23.3. The lowest BCUT2D eigenvalue weighted by Gasteiger charge is -2.34. The molecule has 0 bridgehead atoms. The van der Waals surface area contributed by atoms with E-state index in [-0.39, 0.29) is 42.0 Å². The Morgan fingerprint density at radius 2 is 1.72 bits per heavy atom. The lowest BCUT2D eigenvalue weighted by Crippen LogP contribution is -2.53. The molecule has 39 heavy (non-hydrogen) atoms. The molecule has 0 spiro atoms. The predicted molar refractivity (Wildman–Crippen MR) is 146 cm³/mol. The van der Waals surface area contributed by atoms with E-state index in [4.69, 9.17) is 4.74 Å². The molecular formula is C29H41N5O5. The number of ether oxygens (including phenoxy) is 1. The van der Waals surface area contributed by atoms with Crippen molar-refractivity contribution in [1.29, 1.82) is 0 Å². The first-order valence-electron chi connectivity index (χ1n) is 14.3. The Hall–Kier alpha value is -2.98. The van der Waals surface area contributed by atoms with Gasteiger partial charge in [0.25, 0.3) is 11.8 Å². The number of likely N-dealkylation sites (tertiary alicyclic amines) is 2. The van der Waals surface area contributed by atoms with Crippen molar-refractivity contribution in [3.8, 4) is 0 Å².